The summed E-state index contributed by atoms with van der Waals surface area (Å²) < 4.78 is 0. The lowest BCUT2D eigenvalue weighted by Crippen LogP contribution is -2.46. The molecule has 4 heterocycles. The van der Waals surface area contributed by atoms with Crippen molar-refractivity contribution in [1.29, 1.82) is 0 Å². The van der Waals surface area contributed by atoms with Crippen LogP contribution in [0.3, 0.4) is 0 Å². The minimum absolute atomic E-state index is 0.0433. The second kappa shape index (κ2) is 8.68. The Balaban J connectivity index is 1.49. The van der Waals surface area contributed by atoms with Gasteiger partial charge < -0.3 is 20.6 Å². The molecule has 2 bridgehead atoms. The van der Waals surface area contributed by atoms with Gasteiger partial charge in [0, 0.05) is 35.9 Å². The molecule has 1 aliphatic carbocycles. The molecular weight excluding hydrogens is 438 g/mol. The van der Waals surface area contributed by atoms with Crippen molar-refractivity contribution in [2.45, 2.75) is 89.6 Å². The van der Waals surface area contributed by atoms with Crippen LogP contribution in [0, 0.1) is 6.92 Å². The predicted molar refractivity (Wildman–Crippen MR) is 128 cm³/mol. The van der Waals surface area contributed by atoms with E-state index in [1.165, 1.54) is 11.3 Å². The first-order valence-electron chi connectivity index (χ1n) is 11.9. The summed E-state index contributed by atoms with van der Waals surface area (Å²) in [6.45, 7) is 6.11. The summed E-state index contributed by atoms with van der Waals surface area (Å²) in [6.07, 6.45) is 6.71. The van der Waals surface area contributed by atoms with Gasteiger partial charge in [0.25, 0.3) is 11.8 Å². The quantitative estimate of drug-likeness (QED) is 0.599. The van der Waals surface area contributed by atoms with Gasteiger partial charge in [-0.1, -0.05) is 0 Å². The first-order chi connectivity index (χ1) is 15.8. The second-order valence-electron chi connectivity index (χ2n) is 9.85. The summed E-state index contributed by atoms with van der Waals surface area (Å²) in [6, 6.07) is 2.75. The number of aliphatic hydroxyl groups excluding tert-OH is 1. The lowest BCUT2D eigenvalue weighted by Gasteiger charge is -2.31. The number of hydrogen-bond donors (Lipinski definition) is 3. The molecule has 0 spiro atoms. The van der Waals surface area contributed by atoms with Crippen LogP contribution in [0.5, 0.6) is 0 Å². The molecule has 0 unspecified atom stereocenters. The highest BCUT2D eigenvalue weighted by molar-refractivity contribution is 7.17. The van der Waals surface area contributed by atoms with E-state index < -0.39 is 0 Å². The van der Waals surface area contributed by atoms with Crippen molar-refractivity contribution in [3.63, 3.8) is 0 Å². The molecule has 5 rings (SSSR count). The fourth-order valence-electron chi connectivity index (χ4n) is 5.23. The summed E-state index contributed by atoms with van der Waals surface area (Å²) in [5.74, 6) is 0.418. The monoisotopic (exact) mass is 469 g/mol. The normalized spacial score (nSPS) is 25.9. The molecule has 1 saturated carbocycles. The van der Waals surface area contributed by atoms with Gasteiger partial charge in [-0.3, -0.25) is 9.59 Å². The Morgan fingerprint density at radius 2 is 1.85 bits per heavy atom. The van der Waals surface area contributed by atoms with Crippen molar-refractivity contribution in [2.75, 3.05) is 5.32 Å². The minimum Gasteiger partial charge on any atom is -0.393 e. The first-order valence-corrected chi connectivity index (χ1v) is 12.7. The number of nitrogens with one attached hydrogen (secondary N) is 2. The molecule has 0 atom stereocenters. The Kier molecular flexibility index (Phi) is 5.86. The number of amides is 2. The molecule has 176 valence electrons. The molecular formula is C24H31N5O3S. The van der Waals surface area contributed by atoms with Gasteiger partial charge in [0.1, 0.15) is 11.5 Å². The molecule has 3 aliphatic rings. The van der Waals surface area contributed by atoms with Crippen LogP contribution in [0.25, 0.3) is 10.4 Å². The zero-order valence-corrected chi connectivity index (χ0v) is 20.1. The topological polar surface area (TPSA) is 107 Å². The predicted octanol–water partition coefficient (Wildman–Crippen LogP) is 3.35. The van der Waals surface area contributed by atoms with Crippen molar-refractivity contribution < 1.29 is 14.7 Å². The molecule has 2 amide bonds. The fraction of sp³-hybridized carbons (Fsp3) is 0.583. The summed E-state index contributed by atoms with van der Waals surface area (Å²) in [5, 5.41) is 16.1. The van der Waals surface area contributed by atoms with E-state index in [1.807, 2.05) is 17.9 Å². The summed E-state index contributed by atoms with van der Waals surface area (Å²) in [5.41, 5.74) is 2.16. The van der Waals surface area contributed by atoms with Crippen LogP contribution in [-0.2, 0) is 0 Å². The van der Waals surface area contributed by atoms with Gasteiger partial charge in [0.2, 0.25) is 0 Å². The molecule has 2 aromatic heterocycles. The lowest BCUT2D eigenvalue weighted by atomic mass is 9.89. The number of carbonyl (C=O) groups excluding carboxylic acids is 2. The zero-order chi connectivity index (χ0) is 23.3. The Bertz CT molecular complexity index is 1060. The van der Waals surface area contributed by atoms with Gasteiger partial charge in [-0.2, -0.15) is 0 Å². The maximum absolute atomic E-state index is 13.7. The highest BCUT2D eigenvalue weighted by atomic mass is 32.1. The highest BCUT2D eigenvalue weighted by Gasteiger charge is 2.44. The standard InChI is InChI=1S/C24H31N5O3S/c1-12(2)26-19-8-13(3)18(11-25-19)21-20(24(32)29-15-4-5-16(29)7-6-15)28-23(33-21)22(31)27-14-9-17(30)10-14/h8,11-12,14-17,30H,4-7,9-10H2,1-3H3,(H,25,26)(H,27,31). The lowest BCUT2D eigenvalue weighted by molar-refractivity contribution is 0.0562. The molecule has 33 heavy (non-hydrogen) atoms. The number of thiazole rings is 1. The Hall–Kier alpha value is -2.52. The third kappa shape index (κ3) is 4.24. The zero-order valence-electron chi connectivity index (χ0n) is 19.3. The molecule has 8 nitrogen and oxygen atoms in total. The van der Waals surface area contributed by atoms with E-state index in [1.54, 1.807) is 6.20 Å². The summed E-state index contributed by atoms with van der Waals surface area (Å²) >= 11 is 1.25. The van der Waals surface area contributed by atoms with Crippen LogP contribution in [0.15, 0.2) is 12.3 Å². The molecule has 3 N–H and O–H groups in total. The van der Waals surface area contributed by atoms with Crippen LogP contribution in [0.4, 0.5) is 5.82 Å². The molecule has 0 aromatic carbocycles. The average Bonchev–Trinajstić information content (AvgIpc) is 3.46. The summed E-state index contributed by atoms with van der Waals surface area (Å²) in [7, 11) is 0. The van der Waals surface area contributed by atoms with Crippen LogP contribution in [-0.4, -0.2) is 62.1 Å². The Labute approximate surface area is 197 Å². The smallest absolute Gasteiger partial charge is 0.280 e. The van der Waals surface area contributed by atoms with Crippen LogP contribution < -0.4 is 10.6 Å². The number of carbonyl (C=O) groups is 2. The molecule has 2 aromatic rings. The van der Waals surface area contributed by atoms with Crippen LogP contribution >= 0.6 is 11.3 Å². The van der Waals surface area contributed by atoms with Gasteiger partial charge >= 0.3 is 0 Å². The number of aliphatic hydroxyl groups is 1. The van der Waals surface area contributed by atoms with E-state index in [-0.39, 0.29) is 47.1 Å². The summed E-state index contributed by atoms with van der Waals surface area (Å²) in [4.78, 5) is 38.4. The average molecular weight is 470 g/mol. The molecule has 2 aliphatic heterocycles. The molecule has 3 fully saturated rings. The maximum atomic E-state index is 13.7. The largest absolute Gasteiger partial charge is 0.393 e. The third-order valence-corrected chi connectivity index (χ3v) is 8.04. The van der Waals surface area contributed by atoms with Gasteiger partial charge in [0.15, 0.2) is 5.01 Å². The van der Waals surface area contributed by atoms with Crippen molar-refractivity contribution in [3.8, 4) is 10.4 Å². The van der Waals surface area contributed by atoms with E-state index in [0.717, 1.165) is 42.6 Å². The Morgan fingerprint density at radius 1 is 1.18 bits per heavy atom. The number of anilines is 1. The molecule has 0 radical (unpaired) electrons. The van der Waals surface area contributed by atoms with Crippen LogP contribution in [0.2, 0.25) is 0 Å². The number of pyridine rings is 1. The number of hydrogen-bond acceptors (Lipinski definition) is 7. The van der Waals surface area contributed by atoms with Crippen molar-refractivity contribution >= 4 is 29.0 Å². The van der Waals surface area contributed by atoms with Gasteiger partial charge in [-0.15, -0.1) is 11.3 Å². The molecule has 2 saturated heterocycles. The highest BCUT2D eigenvalue weighted by Crippen LogP contribution is 2.41. The van der Waals surface area contributed by atoms with Gasteiger partial charge in [0.05, 0.1) is 11.0 Å². The number of aromatic nitrogens is 2. The molecule has 9 heteroatoms. The number of fused-ring (bicyclic) bond motifs is 2. The number of aryl methyl sites for hydroxylation is 1. The second-order valence-corrected chi connectivity index (χ2v) is 10.8. The van der Waals surface area contributed by atoms with E-state index in [4.69, 9.17) is 0 Å². The van der Waals surface area contributed by atoms with Crippen LogP contribution in [0.1, 0.15) is 78.2 Å². The SMILES string of the molecule is Cc1cc(NC(C)C)ncc1-c1sc(C(=O)NC2CC(O)C2)nc1C(=O)N1C2CCC1CC2. The van der Waals surface area contributed by atoms with E-state index >= 15 is 0 Å². The minimum atomic E-state index is -0.350. The van der Waals surface area contributed by atoms with Gasteiger partial charge in [-0.25, -0.2) is 9.97 Å². The fourth-order valence-corrected chi connectivity index (χ4v) is 6.27. The van der Waals surface area contributed by atoms with E-state index in [2.05, 4.69) is 34.4 Å². The van der Waals surface area contributed by atoms with Crippen molar-refractivity contribution in [2.24, 2.45) is 0 Å². The number of nitrogens with zero attached hydrogens (tertiary/aromatic N) is 3. The van der Waals surface area contributed by atoms with E-state index in [9.17, 15) is 14.7 Å². The van der Waals surface area contributed by atoms with Crippen molar-refractivity contribution in [1.82, 2.24) is 20.2 Å². The maximum Gasteiger partial charge on any atom is 0.280 e. The third-order valence-electron chi connectivity index (χ3n) is 6.95. The first kappa shape index (κ1) is 22.3. The Morgan fingerprint density at radius 3 is 2.42 bits per heavy atom. The number of rotatable bonds is 6. The van der Waals surface area contributed by atoms with E-state index in [0.29, 0.717) is 23.4 Å². The van der Waals surface area contributed by atoms with Crippen molar-refractivity contribution in [3.05, 3.63) is 28.5 Å². The van der Waals surface area contributed by atoms with Gasteiger partial charge in [-0.05, 0) is 70.9 Å².